The van der Waals surface area contributed by atoms with Crippen molar-refractivity contribution in [2.45, 2.75) is 13.0 Å². The number of guanidine groups is 1. The van der Waals surface area contributed by atoms with Crippen LogP contribution in [0, 0.1) is 0 Å². The van der Waals surface area contributed by atoms with E-state index in [1.54, 1.807) is 29.5 Å². The summed E-state index contributed by atoms with van der Waals surface area (Å²) in [5.74, 6) is 0.678. The third-order valence-electron chi connectivity index (χ3n) is 2.60. The number of phenolic OH excluding ortho intramolecular Hbond substituents is 1. The van der Waals surface area contributed by atoms with Gasteiger partial charge in [0.1, 0.15) is 5.75 Å². The molecule has 0 spiro atoms. The normalized spacial score (nSPS) is 10.9. The van der Waals surface area contributed by atoms with E-state index < -0.39 is 0 Å². The summed E-state index contributed by atoms with van der Waals surface area (Å²) >= 11 is 1.74. The summed E-state index contributed by atoms with van der Waals surface area (Å²) in [6, 6.07) is 11.2. The predicted molar refractivity (Wildman–Crippen MR) is 94.9 cm³/mol. The van der Waals surface area contributed by atoms with Crippen molar-refractivity contribution in [3.8, 4) is 5.75 Å². The first-order valence-electron chi connectivity index (χ1n) is 6.08. The molecule has 0 bridgehead atoms. The second kappa shape index (κ2) is 8.80. The van der Waals surface area contributed by atoms with Crippen LogP contribution in [0.1, 0.15) is 10.4 Å². The van der Waals surface area contributed by atoms with Gasteiger partial charge >= 0.3 is 0 Å². The van der Waals surface area contributed by atoms with E-state index in [2.05, 4.69) is 21.8 Å². The molecule has 20 heavy (non-hydrogen) atoms. The fourth-order valence-electron chi connectivity index (χ4n) is 1.66. The number of hydrogen-bond acceptors (Lipinski definition) is 3. The Hall–Kier alpha value is -1.28. The van der Waals surface area contributed by atoms with Gasteiger partial charge in [0.25, 0.3) is 0 Å². The Balaban J connectivity index is 0.00000200. The van der Waals surface area contributed by atoms with Crippen LogP contribution in [-0.2, 0) is 13.0 Å². The summed E-state index contributed by atoms with van der Waals surface area (Å²) in [7, 11) is 0. The van der Waals surface area contributed by atoms with Crippen molar-refractivity contribution in [2.75, 3.05) is 6.54 Å². The van der Waals surface area contributed by atoms with Crippen molar-refractivity contribution in [3.05, 3.63) is 52.2 Å². The first-order chi connectivity index (χ1) is 9.24. The van der Waals surface area contributed by atoms with E-state index in [-0.39, 0.29) is 29.7 Å². The largest absolute Gasteiger partial charge is 0.508 e. The zero-order valence-corrected chi connectivity index (χ0v) is 14.1. The molecule has 0 saturated heterocycles. The van der Waals surface area contributed by atoms with Crippen molar-refractivity contribution < 1.29 is 5.11 Å². The monoisotopic (exact) mass is 403 g/mol. The van der Waals surface area contributed by atoms with Crippen LogP contribution in [-0.4, -0.2) is 17.6 Å². The van der Waals surface area contributed by atoms with E-state index in [1.807, 2.05) is 12.1 Å². The molecule has 0 aliphatic heterocycles. The molecule has 4 N–H and O–H groups in total. The van der Waals surface area contributed by atoms with Gasteiger partial charge < -0.3 is 16.2 Å². The molecule has 0 amide bonds. The molecule has 1 aromatic carbocycles. The van der Waals surface area contributed by atoms with E-state index in [0.717, 1.165) is 18.5 Å². The van der Waals surface area contributed by atoms with E-state index in [0.29, 0.717) is 12.5 Å². The van der Waals surface area contributed by atoms with Gasteiger partial charge in [-0.1, -0.05) is 18.2 Å². The van der Waals surface area contributed by atoms with Crippen LogP contribution in [0.3, 0.4) is 0 Å². The van der Waals surface area contributed by atoms with Crippen molar-refractivity contribution in [2.24, 2.45) is 10.7 Å². The first-order valence-corrected chi connectivity index (χ1v) is 6.96. The van der Waals surface area contributed by atoms with E-state index in [4.69, 9.17) is 5.73 Å². The number of phenols is 1. The lowest BCUT2D eigenvalue weighted by atomic mass is 10.2. The number of nitrogens with one attached hydrogen (secondary N) is 1. The summed E-state index contributed by atoms with van der Waals surface area (Å²) in [4.78, 5) is 5.56. The molecule has 2 rings (SSSR count). The van der Waals surface area contributed by atoms with Crippen molar-refractivity contribution >= 4 is 41.3 Å². The number of benzene rings is 1. The van der Waals surface area contributed by atoms with Gasteiger partial charge in [0, 0.05) is 11.4 Å². The molecule has 1 aromatic heterocycles. The van der Waals surface area contributed by atoms with Gasteiger partial charge in [0.2, 0.25) is 0 Å². The lowest BCUT2D eigenvalue weighted by molar-refractivity contribution is 0.474. The third kappa shape index (κ3) is 5.79. The van der Waals surface area contributed by atoms with Gasteiger partial charge in [-0.2, -0.15) is 0 Å². The Morgan fingerprint density at radius 2 is 2.15 bits per heavy atom. The minimum Gasteiger partial charge on any atom is -0.508 e. The van der Waals surface area contributed by atoms with E-state index in [9.17, 15) is 5.11 Å². The minimum atomic E-state index is 0. The van der Waals surface area contributed by atoms with Gasteiger partial charge in [-0.05, 0) is 35.6 Å². The molecular formula is C14H18IN3OS. The summed E-state index contributed by atoms with van der Waals surface area (Å²) in [6.45, 7) is 1.24. The van der Waals surface area contributed by atoms with Crippen LogP contribution in [0.4, 0.5) is 0 Å². The molecule has 108 valence electrons. The SMILES string of the molecule is I.NC(=NCc1cccc(O)c1)NCCc1cccs1. The summed E-state index contributed by atoms with van der Waals surface area (Å²) in [6.07, 6.45) is 0.944. The molecular weight excluding hydrogens is 385 g/mol. The predicted octanol–water partition coefficient (Wildman–Crippen LogP) is 2.72. The zero-order chi connectivity index (χ0) is 13.5. The Labute approximate surface area is 139 Å². The standard InChI is InChI=1S/C14H17N3OS.HI/c15-14(16-7-6-13-5-2-8-19-13)17-10-11-3-1-4-12(18)9-11;/h1-5,8-9,18H,6-7,10H2,(H3,15,16,17);1H. The van der Waals surface area contributed by atoms with Gasteiger partial charge in [0.05, 0.1) is 6.54 Å². The van der Waals surface area contributed by atoms with Crippen LogP contribution in [0.2, 0.25) is 0 Å². The summed E-state index contributed by atoms with van der Waals surface area (Å²) in [5, 5.41) is 14.5. The van der Waals surface area contributed by atoms with Gasteiger partial charge in [0.15, 0.2) is 5.96 Å². The second-order valence-corrected chi connectivity index (χ2v) is 5.16. The maximum atomic E-state index is 9.33. The average molecular weight is 403 g/mol. The molecule has 0 unspecified atom stereocenters. The highest BCUT2D eigenvalue weighted by atomic mass is 127. The molecule has 0 saturated carbocycles. The molecule has 0 aliphatic carbocycles. The molecule has 0 fully saturated rings. The van der Waals surface area contributed by atoms with Crippen LogP contribution >= 0.6 is 35.3 Å². The Bertz CT molecular complexity index is 543. The number of aliphatic imine (C=N–C) groups is 1. The quantitative estimate of drug-likeness (QED) is 0.409. The van der Waals surface area contributed by atoms with Crippen LogP contribution in [0.25, 0.3) is 0 Å². The lowest BCUT2D eigenvalue weighted by Gasteiger charge is -2.04. The second-order valence-electron chi connectivity index (χ2n) is 4.13. The molecule has 0 radical (unpaired) electrons. The molecule has 0 atom stereocenters. The number of hydrogen-bond donors (Lipinski definition) is 3. The fourth-order valence-corrected chi connectivity index (χ4v) is 2.36. The number of thiophene rings is 1. The van der Waals surface area contributed by atoms with Crippen LogP contribution in [0.5, 0.6) is 5.75 Å². The first kappa shape index (κ1) is 16.8. The average Bonchev–Trinajstić information content (AvgIpc) is 2.90. The van der Waals surface area contributed by atoms with E-state index >= 15 is 0 Å². The maximum absolute atomic E-state index is 9.33. The summed E-state index contributed by atoms with van der Waals surface area (Å²) in [5.41, 5.74) is 6.71. The number of halogens is 1. The lowest BCUT2D eigenvalue weighted by Crippen LogP contribution is -2.33. The fraction of sp³-hybridized carbons (Fsp3) is 0.214. The topological polar surface area (TPSA) is 70.6 Å². The molecule has 6 heteroatoms. The zero-order valence-electron chi connectivity index (χ0n) is 11.0. The Morgan fingerprint density at radius 3 is 2.85 bits per heavy atom. The van der Waals surface area contributed by atoms with Crippen molar-refractivity contribution in [1.29, 1.82) is 0 Å². The van der Waals surface area contributed by atoms with E-state index in [1.165, 1.54) is 4.88 Å². The highest BCUT2D eigenvalue weighted by Crippen LogP contribution is 2.11. The third-order valence-corrected chi connectivity index (χ3v) is 3.54. The Kier molecular flexibility index (Phi) is 7.38. The Morgan fingerprint density at radius 1 is 1.30 bits per heavy atom. The maximum Gasteiger partial charge on any atom is 0.188 e. The number of rotatable bonds is 5. The molecule has 2 aromatic rings. The number of aromatic hydroxyl groups is 1. The highest BCUT2D eigenvalue weighted by molar-refractivity contribution is 14.0. The summed E-state index contributed by atoms with van der Waals surface area (Å²) < 4.78 is 0. The number of nitrogens with two attached hydrogens (primary N) is 1. The van der Waals surface area contributed by atoms with Gasteiger partial charge in [-0.15, -0.1) is 35.3 Å². The number of nitrogens with zero attached hydrogens (tertiary/aromatic N) is 1. The van der Waals surface area contributed by atoms with Crippen LogP contribution < -0.4 is 11.1 Å². The molecule has 4 nitrogen and oxygen atoms in total. The van der Waals surface area contributed by atoms with Gasteiger partial charge in [-0.3, -0.25) is 0 Å². The van der Waals surface area contributed by atoms with Gasteiger partial charge in [-0.25, -0.2) is 4.99 Å². The molecule has 0 aliphatic rings. The smallest absolute Gasteiger partial charge is 0.188 e. The van der Waals surface area contributed by atoms with Crippen molar-refractivity contribution in [1.82, 2.24) is 5.32 Å². The highest BCUT2D eigenvalue weighted by Gasteiger charge is 1.96. The molecule has 1 heterocycles. The van der Waals surface area contributed by atoms with Crippen LogP contribution in [0.15, 0.2) is 46.8 Å². The minimum absolute atomic E-state index is 0. The van der Waals surface area contributed by atoms with Crippen molar-refractivity contribution in [3.63, 3.8) is 0 Å².